The Kier molecular flexibility index (Phi) is 4.91. The highest BCUT2D eigenvalue weighted by Gasteiger charge is 2.22. The standard InChI is InChI=1S/C16H20N2O4S/c1-16(2,3)18-23(20,21)14-8-4-6-12(10-14)15(19)17-11-13-7-5-9-22-13/h4-10,18H,11H2,1-3H3,(H,17,19). The molecule has 0 aliphatic carbocycles. The molecule has 23 heavy (non-hydrogen) atoms. The maximum atomic E-state index is 12.3. The van der Waals surface area contributed by atoms with Crippen molar-refractivity contribution in [3.8, 4) is 0 Å². The van der Waals surface area contributed by atoms with Gasteiger partial charge in [0.15, 0.2) is 0 Å². The van der Waals surface area contributed by atoms with Gasteiger partial charge in [-0.05, 0) is 51.1 Å². The largest absolute Gasteiger partial charge is 0.467 e. The maximum absolute atomic E-state index is 12.3. The SMILES string of the molecule is CC(C)(C)NS(=O)(=O)c1cccc(C(=O)NCc2ccco2)c1. The van der Waals surface area contributed by atoms with Crippen LogP contribution in [0.3, 0.4) is 0 Å². The van der Waals surface area contributed by atoms with Gasteiger partial charge in [-0.1, -0.05) is 6.07 Å². The van der Waals surface area contributed by atoms with Crippen LogP contribution in [0.2, 0.25) is 0 Å². The Morgan fingerprint density at radius 1 is 1.17 bits per heavy atom. The lowest BCUT2D eigenvalue weighted by Gasteiger charge is -2.20. The Labute approximate surface area is 135 Å². The van der Waals surface area contributed by atoms with Crippen LogP contribution < -0.4 is 10.0 Å². The molecule has 2 aromatic rings. The van der Waals surface area contributed by atoms with Crippen molar-refractivity contribution in [2.24, 2.45) is 0 Å². The number of benzene rings is 1. The van der Waals surface area contributed by atoms with E-state index in [0.29, 0.717) is 5.76 Å². The zero-order valence-electron chi connectivity index (χ0n) is 13.3. The van der Waals surface area contributed by atoms with E-state index in [1.54, 1.807) is 45.0 Å². The summed E-state index contributed by atoms with van der Waals surface area (Å²) in [5, 5.41) is 2.68. The molecule has 2 rings (SSSR count). The number of carbonyl (C=O) groups is 1. The number of hydrogen-bond acceptors (Lipinski definition) is 4. The summed E-state index contributed by atoms with van der Waals surface area (Å²) in [6.07, 6.45) is 1.52. The number of furan rings is 1. The zero-order chi connectivity index (χ0) is 17.1. The third kappa shape index (κ3) is 4.94. The summed E-state index contributed by atoms with van der Waals surface area (Å²) < 4.78 is 32.3. The first-order valence-electron chi connectivity index (χ1n) is 7.12. The van der Waals surface area contributed by atoms with Gasteiger partial charge in [-0.3, -0.25) is 4.79 Å². The summed E-state index contributed by atoms with van der Waals surface area (Å²) in [4.78, 5) is 12.2. The fourth-order valence-corrected chi connectivity index (χ4v) is 3.41. The van der Waals surface area contributed by atoms with E-state index in [-0.39, 0.29) is 22.9 Å². The van der Waals surface area contributed by atoms with Crippen molar-refractivity contribution in [1.82, 2.24) is 10.0 Å². The van der Waals surface area contributed by atoms with Crippen molar-refractivity contribution >= 4 is 15.9 Å². The van der Waals surface area contributed by atoms with Crippen LogP contribution in [0.25, 0.3) is 0 Å². The van der Waals surface area contributed by atoms with Crippen LogP contribution in [0.1, 0.15) is 36.9 Å². The van der Waals surface area contributed by atoms with Gasteiger partial charge in [-0.15, -0.1) is 0 Å². The molecule has 7 heteroatoms. The molecule has 1 amide bonds. The monoisotopic (exact) mass is 336 g/mol. The Bertz CT molecular complexity index is 775. The average Bonchev–Trinajstić information content (AvgIpc) is 2.95. The number of carbonyl (C=O) groups excluding carboxylic acids is 1. The van der Waals surface area contributed by atoms with Crippen LogP contribution in [-0.4, -0.2) is 19.9 Å². The van der Waals surface area contributed by atoms with Crippen molar-refractivity contribution in [2.75, 3.05) is 0 Å². The van der Waals surface area contributed by atoms with Crippen LogP contribution >= 0.6 is 0 Å². The van der Waals surface area contributed by atoms with E-state index in [1.807, 2.05) is 0 Å². The molecular weight excluding hydrogens is 316 g/mol. The molecule has 0 fully saturated rings. The Morgan fingerprint density at radius 3 is 2.52 bits per heavy atom. The predicted molar refractivity (Wildman–Crippen MR) is 86.4 cm³/mol. The van der Waals surface area contributed by atoms with E-state index in [2.05, 4.69) is 10.0 Å². The molecule has 0 aliphatic rings. The Hall–Kier alpha value is -2.12. The second-order valence-electron chi connectivity index (χ2n) is 6.15. The van der Waals surface area contributed by atoms with E-state index in [9.17, 15) is 13.2 Å². The highest BCUT2D eigenvalue weighted by Crippen LogP contribution is 2.15. The van der Waals surface area contributed by atoms with Gasteiger partial charge in [-0.2, -0.15) is 0 Å². The Balaban J connectivity index is 2.14. The minimum atomic E-state index is -3.68. The normalized spacial score (nSPS) is 12.1. The third-order valence-corrected chi connectivity index (χ3v) is 4.61. The van der Waals surface area contributed by atoms with Gasteiger partial charge in [0.25, 0.3) is 5.91 Å². The van der Waals surface area contributed by atoms with E-state index in [0.717, 1.165) is 0 Å². The Morgan fingerprint density at radius 2 is 1.91 bits per heavy atom. The molecular formula is C16H20N2O4S. The fraction of sp³-hybridized carbons (Fsp3) is 0.312. The van der Waals surface area contributed by atoms with Gasteiger partial charge >= 0.3 is 0 Å². The van der Waals surface area contributed by atoms with Gasteiger partial charge in [0, 0.05) is 11.1 Å². The van der Waals surface area contributed by atoms with E-state index in [4.69, 9.17) is 4.42 Å². The number of rotatable bonds is 5. The minimum Gasteiger partial charge on any atom is -0.467 e. The van der Waals surface area contributed by atoms with Crippen molar-refractivity contribution in [1.29, 1.82) is 0 Å². The summed E-state index contributed by atoms with van der Waals surface area (Å²) in [6.45, 7) is 5.50. The second kappa shape index (κ2) is 6.55. The van der Waals surface area contributed by atoms with E-state index < -0.39 is 15.6 Å². The molecule has 0 saturated heterocycles. The molecule has 2 N–H and O–H groups in total. The van der Waals surface area contributed by atoms with Crippen molar-refractivity contribution in [2.45, 2.75) is 37.8 Å². The van der Waals surface area contributed by atoms with Crippen LogP contribution in [0.15, 0.2) is 52.0 Å². The molecule has 0 unspecified atom stereocenters. The number of sulfonamides is 1. The first-order valence-corrected chi connectivity index (χ1v) is 8.60. The molecule has 124 valence electrons. The van der Waals surface area contributed by atoms with Gasteiger partial charge in [-0.25, -0.2) is 13.1 Å². The molecule has 0 saturated carbocycles. The molecule has 0 aliphatic heterocycles. The molecule has 0 bridgehead atoms. The molecule has 1 heterocycles. The average molecular weight is 336 g/mol. The van der Waals surface area contributed by atoms with Gasteiger partial charge in [0.05, 0.1) is 17.7 Å². The summed E-state index contributed by atoms with van der Waals surface area (Å²) >= 11 is 0. The predicted octanol–water partition coefficient (Wildman–Crippen LogP) is 2.29. The van der Waals surface area contributed by atoms with Crippen LogP contribution in [-0.2, 0) is 16.6 Å². The highest BCUT2D eigenvalue weighted by atomic mass is 32.2. The molecule has 0 atom stereocenters. The van der Waals surface area contributed by atoms with Crippen molar-refractivity contribution in [3.63, 3.8) is 0 Å². The van der Waals surface area contributed by atoms with Crippen LogP contribution in [0.5, 0.6) is 0 Å². The topological polar surface area (TPSA) is 88.4 Å². The van der Waals surface area contributed by atoms with Gasteiger partial charge < -0.3 is 9.73 Å². The third-order valence-electron chi connectivity index (χ3n) is 2.85. The lowest BCUT2D eigenvalue weighted by atomic mass is 10.1. The number of amides is 1. The molecule has 6 nitrogen and oxygen atoms in total. The summed E-state index contributed by atoms with van der Waals surface area (Å²) in [5.74, 6) is 0.255. The van der Waals surface area contributed by atoms with Gasteiger partial charge in [0.2, 0.25) is 10.0 Å². The van der Waals surface area contributed by atoms with Gasteiger partial charge in [0.1, 0.15) is 5.76 Å². The highest BCUT2D eigenvalue weighted by molar-refractivity contribution is 7.89. The number of hydrogen-bond donors (Lipinski definition) is 2. The lowest BCUT2D eigenvalue weighted by Crippen LogP contribution is -2.40. The summed E-state index contributed by atoms with van der Waals surface area (Å²) in [7, 11) is -3.68. The summed E-state index contributed by atoms with van der Waals surface area (Å²) in [6, 6.07) is 9.39. The molecule has 0 spiro atoms. The quantitative estimate of drug-likeness (QED) is 0.877. The molecule has 0 radical (unpaired) electrons. The molecule has 1 aromatic heterocycles. The summed E-state index contributed by atoms with van der Waals surface area (Å²) in [5.41, 5.74) is -0.329. The van der Waals surface area contributed by atoms with Crippen molar-refractivity contribution < 1.29 is 17.6 Å². The lowest BCUT2D eigenvalue weighted by molar-refractivity contribution is 0.0948. The smallest absolute Gasteiger partial charge is 0.251 e. The van der Waals surface area contributed by atoms with Crippen LogP contribution in [0.4, 0.5) is 0 Å². The zero-order valence-corrected chi connectivity index (χ0v) is 14.1. The van der Waals surface area contributed by atoms with Crippen LogP contribution in [0, 0.1) is 0 Å². The van der Waals surface area contributed by atoms with Crippen molar-refractivity contribution in [3.05, 3.63) is 54.0 Å². The maximum Gasteiger partial charge on any atom is 0.251 e. The number of nitrogens with one attached hydrogen (secondary N) is 2. The first-order chi connectivity index (χ1) is 10.7. The minimum absolute atomic E-state index is 0.0538. The second-order valence-corrected chi connectivity index (χ2v) is 7.83. The first kappa shape index (κ1) is 17.2. The van der Waals surface area contributed by atoms with E-state index >= 15 is 0 Å². The fourth-order valence-electron chi connectivity index (χ4n) is 1.95. The molecule has 1 aromatic carbocycles. The van der Waals surface area contributed by atoms with E-state index in [1.165, 1.54) is 18.4 Å².